The van der Waals surface area contributed by atoms with Crippen LogP contribution in [0, 0.1) is 17.1 Å². The molecule has 5 aromatic rings. The fourth-order valence-electron chi connectivity index (χ4n) is 4.09. The second-order valence-corrected chi connectivity index (χ2v) is 10.2. The maximum Gasteiger partial charge on any atom is 0.412 e. The molecule has 0 bridgehead atoms. The molecule has 0 saturated heterocycles. The van der Waals surface area contributed by atoms with Crippen LogP contribution in [0.4, 0.5) is 14.9 Å². The third kappa shape index (κ3) is 5.16. The van der Waals surface area contributed by atoms with E-state index in [0.717, 1.165) is 4.90 Å². The van der Waals surface area contributed by atoms with Crippen molar-refractivity contribution >= 4 is 56.0 Å². The molecular weight excluding hydrogens is 559 g/mol. The third-order valence-corrected chi connectivity index (χ3v) is 7.49. The highest BCUT2D eigenvalue weighted by Gasteiger charge is 2.28. The Bertz CT molecular complexity index is 1790. The Morgan fingerprint density at radius 1 is 1.15 bits per heavy atom. The summed E-state index contributed by atoms with van der Waals surface area (Å²) < 4.78 is 26.8. The molecule has 0 fully saturated rings. The number of hydrogen-bond acceptors (Lipinski definition) is 9. The zero-order valence-corrected chi connectivity index (χ0v) is 22.9. The number of thiazole rings is 1. The Morgan fingerprint density at radius 2 is 1.95 bits per heavy atom. The van der Waals surface area contributed by atoms with Gasteiger partial charge >= 0.3 is 6.09 Å². The first-order valence-electron chi connectivity index (χ1n) is 11.8. The number of nitriles is 1. The highest BCUT2D eigenvalue weighted by Crippen LogP contribution is 2.38. The highest BCUT2D eigenvalue weighted by molar-refractivity contribution is 7.21. The van der Waals surface area contributed by atoms with Gasteiger partial charge in [-0.25, -0.2) is 29.1 Å². The highest BCUT2D eigenvalue weighted by atomic mass is 35.5. The van der Waals surface area contributed by atoms with E-state index in [9.17, 15) is 9.90 Å². The number of anilines is 1. The van der Waals surface area contributed by atoms with Crippen molar-refractivity contribution in [2.75, 3.05) is 12.0 Å². The van der Waals surface area contributed by atoms with Gasteiger partial charge in [-0.3, -0.25) is 4.90 Å². The van der Waals surface area contributed by atoms with Crippen molar-refractivity contribution in [1.82, 2.24) is 19.9 Å². The van der Waals surface area contributed by atoms with E-state index in [1.54, 1.807) is 26.0 Å². The summed E-state index contributed by atoms with van der Waals surface area (Å²) in [5.74, 6) is -0.356. The third-order valence-electron chi connectivity index (χ3n) is 6.22. The molecule has 13 heteroatoms. The minimum Gasteiger partial charge on any atom is -0.485 e. The maximum atomic E-state index is 15.1. The van der Waals surface area contributed by atoms with Gasteiger partial charge in [0.25, 0.3) is 0 Å². The van der Waals surface area contributed by atoms with E-state index in [-0.39, 0.29) is 17.1 Å². The summed E-state index contributed by atoms with van der Waals surface area (Å²) in [7, 11) is 1.49. The van der Waals surface area contributed by atoms with Gasteiger partial charge in [0.15, 0.2) is 11.6 Å². The Hall–Kier alpha value is -4.60. The lowest BCUT2D eigenvalue weighted by atomic mass is 10.1. The molecule has 0 aliphatic rings. The fraction of sp³-hybridized carbons (Fsp3) is 0.185. The van der Waals surface area contributed by atoms with Gasteiger partial charge in [-0.1, -0.05) is 11.6 Å². The summed E-state index contributed by atoms with van der Waals surface area (Å²) in [5.41, 5.74) is 2.55. The SMILES string of the molecule is COc1cnc2c(-c3nc4cc(F)c(O[C@@H](C)C(C)N(C(=O)O)c5ccc(C#N)nc5)cc4s3)cc(Cl)cc2n1. The first-order chi connectivity index (χ1) is 19.2. The molecule has 2 atom stereocenters. The number of benzene rings is 2. The van der Waals surface area contributed by atoms with Crippen LogP contribution in [0.2, 0.25) is 5.02 Å². The number of carbonyl (C=O) groups is 1. The number of aromatic nitrogens is 4. The van der Waals surface area contributed by atoms with Gasteiger partial charge in [0.1, 0.15) is 22.9 Å². The van der Waals surface area contributed by atoms with Gasteiger partial charge in [-0.15, -0.1) is 11.3 Å². The standard InChI is InChI=1S/C27H20ClFN6O4S/c1-13(35(27(36)37)17-5-4-16(10-30)31-11-17)14(2)39-22-9-23-20(8-19(22)29)34-26(40-23)18-6-15(28)7-21-25(18)32-12-24(33-21)38-3/h4-9,11-14H,1-3H3,(H,36,37)/t13?,14-/m0/s1. The number of halogens is 2. The second kappa shape index (κ2) is 10.9. The summed E-state index contributed by atoms with van der Waals surface area (Å²) in [6.07, 6.45) is 0.789. The van der Waals surface area contributed by atoms with Crippen LogP contribution in [-0.2, 0) is 0 Å². The number of amides is 1. The van der Waals surface area contributed by atoms with E-state index in [2.05, 4.69) is 19.9 Å². The first-order valence-corrected chi connectivity index (χ1v) is 13.0. The van der Waals surface area contributed by atoms with E-state index in [4.69, 9.17) is 26.3 Å². The van der Waals surface area contributed by atoms with E-state index >= 15 is 4.39 Å². The molecule has 2 aromatic carbocycles. The van der Waals surface area contributed by atoms with Crippen LogP contribution in [-0.4, -0.2) is 50.4 Å². The molecule has 0 aliphatic carbocycles. The van der Waals surface area contributed by atoms with E-state index in [0.29, 0.717) is 42.7 Å². The van der Waals surface area contributed by atoms with E-state index < -0.39 is 24.1 Å². The smallest absolute Gasteiger partial charge is 0.412 e. The Morgan fingerprint density at radius 3 is 2.62 bits per heavy atom. The van der Waals surface area contributed by atoms with Crippen LogP contribution in [0.1, 0.15) is 19.5 Å². The largest absolute Gasteiger partial charge is 0.485 e. The molecule has 1 unspecified atom stereocenters. The Labute approximate surface area is 236 Å². The lowest BCUT2D eigenvalue weighted by molar-refractivity contribution is 0.167. The molecule has 202 valence electrons. The topological polar surface area (TPSA) is 134 Å². The average Bonchev–Trinajstić information content (AvgIpc) is 3.35. The first kappa shape index (κ1) is 27.0. The number of ether oxygens (including phenoxy) is 2. The average molecular weight is 579 g/mol. The van der Waals surface area contributed by atoms with Gasteiger partial charge in [0.2, 0.25) is 5.88 Å². The Kier molecular flexibility index (Phi) is 7.34. The van der Waals surface area contributed by atoms with Crippen LogP contribution < -0.4 is 14.4 Å². The van der Waals surface area contributed by atoms with Crippen LogP contribution >= 0.6 is 22.9 Å². The summed E-state index contributed by atoms with van der Waals surface area (Å²) in [6.45, 7) is 3.28. The Balaban J connectivity index is 1.45. The van der Waals surface area contributed by atoms with Crippen LogP contribution in [0.25, 0.3) is 31.8 Å². The van der Waals surface area contributed by atoms with Crippen molar-refractivity contribution < 1.29 is 23.8 Å². The van der Waals surface area contributed by atoms with Crippen molar-refractivity contribution in [3.63, 3.8) is 0 Å². The number of rotatable bonds is 7. The van der Waals surface area contributed by atoms with Crippen LogP contribution in [0.15, 0.2) is 48.8 Å². The normalized spacial score (nSPS) is 12.6. The second-order valence-electron chi connectivity index (χ2n) is 8.73. The van der Waals surface area contributed by atoms with Gasteiger partial charge in [0.05, 0.1) is 52.5 Å². The molecule has 3 aromatic heterocycles. The molecule has 1 amide bonds. The summed E-state index contributed by atoms with van der Waals surface area (Å²) in [4.78, 5) is 30.5. The lowest BCUT2D eigenvalue weighted by Crippen LogP contribution is -2.46. The molecule has 1 N–H and O–H groups in total. The summed E-state index contributed by atoms with van der Waals surface area (Å²) in [5, 5.41) is 19.8. The van der Waals surface area contributed by atoms with Crippen molar-refractivity contribution in [3.8, 4) is 28.3 Å². The molecule has 0 saturated carbocycles. The number of hydrogen-bond donors (Lipinski definition) is 1. The minimum absolute atomic E-state index is 0.0502. The van der Waals surface area contributed by atoms with E-state index in [1.165, 1.54) is 55.1 Å². The van der Waals surface area contributed by atoms with Gasteiger partial charge in [-0.05, 0) is 38.1 Å². The van der Waals surface area contributed by atoms with Crippen molar-refractivity contribution in [1.29, 1.82) is 5.26 Å². The zero-order valence-electron chi connectivity index (χ0n) is 21.3. The molecule has 3 heterocycles. The molecule has 0 spiro atoms. The molecular formula is C27H20ClFN6O4S. The summed E-state index contributed by atoms with van der Waals surface area (Å²) in [6, 6.07) is 10.3. The van der Waals surface area contributed by atoms with Gasteiger partial charge in [-0.2, -0.15) is 5.26 Å². The lowest BCUT2D eigenvalue weighted by Gasteiger charge is -2.31. The monoisotopic (exact) mass is 578 g/mol. The molecule has 40 heavy (non-hydrogen) atoms. The fourth-order valence-corrected chi connectivity index (χ4v) is 5.30. The van der Waals surface area contributed by atoms with Crippen molar-refractivity contribution in [2.24, 2.45) is 0 Å². The predicted octanol–water partition coefficient (Wildman–Crippen LogP) is 6.31. The molecule has 5 rings (SSSR count). The zero-order chi connectivity index (χ0) is 28.6. The molecule has 10 nitrogen and oxygen atoms in total. The molecule has 0 aliphatic heterocycles. The number of fused-ring (bicyclic) bond motifs is 2. The number of methoxy groups -OCH3 is 1. The van der Waals surface area contributed by atoms with Crippen molar-refractivity contribution in [3.05, 3.63) is 65.3 Å². The van der Waals surface area contributed by atoms with Crippen LogP contribution in [0.3, 0.4) is 0 Å². The quantitative estimate of drug-likeness (QED) is 0.235. The van der Waals surface area contributed by atoms with Crippen molar-refractivity contribution in [2.45, 2.75) is 26.0 Å². The number of carboxylic acid groups (broad SMARTS) is 1. The van der Waals surface area contributed by atoms with Gasteiger partial charge < -0.3 is 14.6 Å². The molecule has 0 radical (unpaired) electrons. The minimum atomic E-state index is -1.24. The number of pyridine rings is 1. The predicted molar refractivity (Wildman–Crippen MR) is 149 cm³/mol. The summed E-state index contributed by atoms with van der Waals surface area (Å²) >= 11 is 7.64. The van der Waals surface area contributed by atoms with Crippen LogP contribution in [0.5, 0.6) is 11.6 Å². The van der Waals surface area contributed by atoms with E-state index in [1.807, 2.05) is 6.07 Å². The van der Waals surface area contributed by atoms with Gasteiger partial charge in [0, 0.05) is 22.7 Å². The maximum absolute atomic E-state index is 15.1. The number of nitrogens with zero attached hydrogens (tertiary/aromatic N) is 6.